The van der Waals surface area contributed by atoms with E-state index >= 15 is 0 Å². The average molecular weight is 244 g/mol. The van der Waals surface area contributed by atoms with Crippen LogP contribution in [-0.4, -0.2) is 29.7 Å². The van der Waals surface area contributed by atoms with E-state index in [2.05, 4.69) is 10.2 Å². The summed E-state index contributed by atoms with van der Waals surface area (Å²) in [6.07, 6.45) is 3.15. The van der Waals surface area contributed by atoms with Crippen LogP contribution < -0.4 is 9.47 Å². The fraction of sp³-hybridized carbons (Fsp3) is 0.231. The number of aromatic amines is 1. The summed E-state index contributed by atoms with van der Waals surface area (Å²) >= 11 is 0. The zero-order valence-electron chi connectivity index (χ0n) is 9.68. The Morgan fingerprint density at radius 1 is 1.22 bits per heavy atom. The lowest BCUT2D eigenvalue weighted by Gasteiger charge is -2.08. The molecule has 5 nitrogen and oxygen atoms in total. The first-order valence-corrected chi connectivity index (χ1v) is 5.77. The molecule has 0 spiro atoms. The van der Waals surface area contributed by atoms with E-state index in [-0.39, 0.29) is 0 Å². The lowest BCUT2D eigenvalue weighted by molar-refractivity contribution is 0.112. The molecule has 0 saturated heterocycles. The molecule has 1 aromatic carbocycles. The van der Waals surface area contributed by atoms with Crippen LogP contribution in [0.2, 0.25) is 0 Å². The quantitative estimate of drug-likeness (QED) is 0.821. The predicted molar refractivity (Wildman–Crippen MR) is 65.0 cm³/mol. The minimum atomic E-state index is 0.532. The normalized spacial score (nSPS) is 14.0. The number of hydrogen-bond donors (Lipinski definition) is 1. The summed E-state index contributed by atoms with van der Waals surface area (Å²) in [4.78, 5) is 10.9. The molecular formula is C13H12N2O3. The van der Waals surface area contributed by atoms with Crippen LogP contribution in [0.15, 0.2) is 24.4 Å². The van der Waals surface area contributed by atoms with Gasteiger partial charge >= 0.3 is 0 Å². The van der Waals surface area contributed by atoms with Gasteiger partial charge in [0.15, 0.2) is 17.8 Å². The molecule has 0 atom stereocenters. The van der Waals surface area contributed by atoms with E-state index in [1.165, 1.54) is 6.20 Å². The molecule has 5 heteroatoms. The van der Waals surface area contributed by atoms with Gasteiger partial charge in [-0.25, -0.2) is 0 Å². The molecule has 1 N–H and O–H groups in total. The number of carbonyl (C=O) groups excluding carboxylic acids is 1. The highest BCUT2D eigenvalue weighted by Crippen LogP contribution is 2.34. The van der Waals surface area contributed by atoms with Gasteiger partial charge in [0.05, 0.1) is 30.7 Å². The number of rotatable bonds is 2. The zero-order chi connectivity index (χ0) is 12.4. The highest BCUT2D eigenvalue weighted by atomic mass is 16.5. The van der Waals surface area contributed by atoms with Crippen molar-refractivity contribution in [3.63, 3.8) is 0 Å². The van der Waals surface area contributed by atoms with Gasteiger partial charge in [0.2, 0.25) is 0 Å². The maximum Gasteiger partial charge on any atom is 0.161 e. The van der Waals surface area contributed by atoms with E-state index < -0.39 is 0 Å². The Morgan fingerprint density at radius 2 is 2.06 bits per heavy atom. The Hall–Kier alpha value is -2.30. The smallest absolute Gasteiger partial charge is 0.161 e. The van der Waals surface area contributed by atoms with Crippen molar-refractivity contribution in [3.8, 4) is 22.8 Å². The highest BCUT2D eigenvalue weighted by molar-refractivity contribution is 5.85. The van der Waals surface area contributed by atoms with Gasteiger partial charge in [0, 0.05) is 12.0 Å². The first-order valence-electron chi connectivity index (χ1n) is 5.77. The van der Waals surface area contributed by atoms with Gasteiger partial charge in [-0.05, 0) is 18.2 Å². The largest absolute Gasteiger partial charge is 0.490 e. The van der Waals surface area contributed by atoms with Crippen molar-refractivity contribution in [3.05, 3.63) is 30.0 Å². The van der Waals surface area contributed by atoms with Crippen LogP contribution in [0.5, 0.6) is 11.5 Å². The van der Waals surface area contributed by atoms with Crippen LogP contribution in [0.1, 0.15) is 16.8 Å². The molecule has 1 aliphatic heterocycles. The van der Waals surface area contributed by atoms with Gasteiger partial charge in [-0.1, -0.05) is 0 Å². The fourth-order valence-corrected chi connectivity index (χ4v) is 1.93. The highest BCUT2D eigenvalue weighted by Gasteiger charge is 2.13. The monoisotopic (exact) mass is 244 g/mol. The SMILES string of the molecule is O=Cc1cn[nH]c1-c1ccc2c(c1)OCCCO2. The van der Waals surface area contributed by atoms with Crippen LogP contribution in [0.3, 0.4) is 0 Å². The summed E-state index contributed by atoms with van der Waals surface area (Å²) in [5.41, 5.74) is 2.09. The first kappa shape index (κ1) is 10.8. The standard InChI is InChI=1S/C13H12N2O3/c16-8-10-7-14-15-13(10)9-2-3-11-12(6-9)18-5-1-4-17-11/h2-3,6-8H,1,4-5H2,(H,14,15). The van der Waals surface area contributed by atoms with Crippen LogP contribution >= 0.6 is 0 Å². The molecule has 0 radical (unpaired) electrons. The van der Waals surface area contributed by atoms with Crippen molar-refractivity contribution in [2.75, 3.05) is 13.2 Å². The third-order valence-electron chi connectivity index (χ3n) is 2.83. The maximum absolute atomic E-state index is 10.9. The van der Waals surface area contributed by atoms with Gasteiger partial charge in [-0.3, -0.25) is 9.89 Å². The molecule has 1 aliphatic rings. The van der Waals surface area contributed by atoms with Crippen molar-refractivity contribution in [1.82, 2.24) is 10.2 Å². The third kappa shape index (κ3) is 1.84. The molecule has 2 aromatic rings. The molecule has 0 aliphatic carbocycles. The van der Waals surface area contributed by atoms with Crippen LogP contribution in [0, 0.1) is 0 Å². The Kier molecular flexibility index (Phi) is 2.72. The zero-order valence-corrected chi connectivity index (χ0v) is 9.68. The summed E-state index contributed by atoms with van der Waals surface area (Å²) in [6.45, 7) is 1.30. The predicted octanol–water partition coefficient (Wildman–Crippen LogP) is 2.05. The van der Waals surface area contributed by atoms with Gasteiger partial charge in [0.25, 0.3) is 0 Å². The van der Waals surface area contributed by atoms with E-state index in [4.69, 9.17) is 9.47 Å². The van der Waals surface area contributed by atoms with Crippen molar-refractivity contribution in [2.45, 2.75) is 6.42 Å². The molecule has 0 fully saturated rings. The Morgan fingerprint density at radius 3 is 2.89 bits per heavy atom. The molecule has 18 heavy (non-hydrogen) atoms. The van der Waals surface area contributed by atoms with E-state index in [9.17, 15) is 4.79 Å². The van der Waals surface area contributed by atoms with Crippen molar-refractivity contribution >= 4 is 6.29 Å². The average Bonchev–Trinajstić information content (AvgIpc) is 2.76. The molecule has 92 valence electrons. The van der Waals surface area contributed by atoms with Gasteiger partial charge < -0.3 is 9.47 Å². The Labute approximate surface area is 104 Å². The van der Waals surface area contributed by atoms with Crippen molar-refractivity contribution < 1.29 is 14.3 Å². The lowest BCUT2D eigenvalue weighted by Crippen LogP contribution is -1.97. The summed E-state index contributed by atoms with van der Waals surface area (Å²) < 4.78 is 11.2. The molecule has 3 rings (SSSR count). The second-order valence-electron chi connectivity index (χ2n) is 4.03. The Balaban J connectivity index is 2.04. The molecule has 2 heterocycles. The number of nitrogens with one attached hydrogen (secondary N) is 1. The number of ether oxygens (including phenoxy) is 2. The van der Waals surface area contributed by atoms with E-state index in [0.29, 0.717) is 30.2 Å². The number of benzene rings is 1. The summed E-state index contributed by atoms with van der Waals surface area (Å²) in [5, 5.41) is 6.69. The number of hydrogen-bond acceptors (Lipinski definition) is 4. The van der Waals surface area contributed by atoms with E-state index in [1.54, 1.807) is 0 Å². The minimum Gasteiger partial charge on any atom is -0.490 e. The first-order chi connectivity index (χ1) is 8.88. The second kappa shape index (κ2) is 4.52. The fourth-order valence-electron chi connectivity index (χ4n) is 1.93. The number of carbonyl (C=O) groups is 1. The van der Waals surface area contributed by atoms with Crippen molar-refractivity contribution in [2.24, 2.45) is 0 Å². The molecule has 0 bridgehead atoms. The number of H-pyrrole nitrogens is 1. The second-order valence-corrected chi connectivity index (χ2v) is 4.03. The topological polar surface area (TPSA) is 64.2 Å². The molecular weight excluding hydrogens is 232 g/mol. The van der Waals surface area contributed by atoms with Gasteiger partial charge in [-0.2, -0.15) is 5.10 Å². The Bertz CT molecular complexity index is 577. The van der Waals surface area contributed by atoms with Crippen LogP contribution in [0.4, 0.5) is 0 Å². The number of fused-ring (bicyclic) bond motifs is 1. The summed E-state index contributed by atoms with van der Waals surface area (Å²) in [6, 6.07) is 5.60. The molecule has 1 aromatic heterocycles. The minimum absolute atomic E-state index is 0.532. The number of nitrogens with zero attached hydrogens (tertiary/aromatic N) is 1. The number of aromatic nitrogens is 2. The van der Waals surface area contributed by atoms with E-state index in [1.807, 2.05) is 18.2 Å². The molecule has 0 saturated carbocycles. The summed E-state index contributed by atoms with van der Waals surface area (Å²) in [7, 11) is 0. The van der Waals surface area contributed by atoms with Gasteiger partial charge in [-0.15, -0.1) is 0 Å². The molecule has 0 amide bonds. The maximum atomic E-state index is 10.9. The number of aldehydes is 1. The summed E-state index contributed by atoms with van der Waals surface area (Å²) in [5.74, 6) is 1.44. The van der Waals surface area contributed by atoms with Crippen molar-refractivity contribution in [1.29, 1.82) is 0 Å². The van der Waals surface area contributed by atoms with E-state index in [0.717, 1.165) is 24.0 Å². The lowest BCUT2D eigenvalue weighted by atomic mass is 10.1. The third-order valence-corrected chi connectivity index (χ3v) is 2.83. The van der Waals surface area contributed by atoms with Crippen LogP contribution in [0.25, 0.3) is 11.3 Å². The van der Waals surface area contributed by atoms with Gasteiger partial charge in [0.1, 0.15) is 0 Å². The van der Waals surface area contributed by atoms with Crippen LogP contribution in [-0.2, 0) is 0 Å². The molecule has 0 unspecified atom stereocenters.